The summed E-state index contributed by atoms with van der Waals surface area (Å²) in [6.07, 6.45) is 0. The number of hydrogen-bond acceptors (Lipinski definition) is 5. The Bertz CT molecular complexity index is 1030. The minimum atomic E-state index is -0.225. The SMILES string of the molecule is COc1ccccc1NC(=O)c1c(C)nc2cc3c(cc2c1C)OCO3. The zero-order valence-electron chi connectivity index (χ0n) is 14.8. The summed E-state index contributed by atoms with van der Waals surface area (Å²) in [5, 5.41) is 3.78. The molecule has 0 saturated heterocycles. The summed E-state index contributed by atoms with van der Waals surface area (Å²) < 4.78 is 16.2. The highest BCUT2D eigenvalue weighted by Crippen LogP contribution is 2.37. The number of anilines is 1. The molecule has 26 heavy (non-hydrogen) atoms. The minimum Gasteiger partial charge on any atom is -0.495 e. The molecule has 2 aromatic carbocycles. The summed E-state index contributed by atoms with van der Waals surface area (Å²) in [4.78, 5) is 17.5. The van der Waals surface area contributed by atoms with Crippen LogP contribution in [-0.2, 0) is 0 Å². The maximum absolute atomic E-state index is 12.9. The average Bonchev–Trinajstić information content (AvgIpc) is 3.08. The fourth-order valence-corrected chi connectivity index (χ4v) is 3.23. The van der Waals surface area contributed by atoms with Gasteiger partial charge in [-0.2, -0.15) is 0 Å². The summed E-state index contributed by atoms with van der Waals surface area (Å²) in [6.45, 7) is 3.94. The third-order valence-electron chi connectivity index (χ3n) is 4.50. The molecule has 1 N–H and O–H groups in total. The Balaban J connectivity index is 1.78. The average molecular weight is 350 g/mol. The molecule has 132 valence electrons. The second-order valence-electron chi connectivity index (χ2n) is 6.07. The van der Waals surface area contributed by atoms with Crippen molar-refractivity contribution in [2.45, 2.75) is 13.8 Å². The van der Waals surface area contributed by atoms with Crippen LogP contribution in [0, 0.1) is 13.8 Å². The predicted molar refractivity (Wildman–Crippen MR) is 98.3 cm³/mol. The Kier molecular flexibility index (Phi) is 3.88. The lowest BCUT2D eigenvalue weighted by Gasteiger charge is -2.14. The van der Waals surface area contributed by atoms with Crippen molar-refractivity contribution in [1.82, 2.24) is 4.98 Å². The highest BCUT2D eigenvalue weighted by atomic mass is 16.7. The summed E-state index contributed by atoms with van der Waals surface area (Å²) in [5.74, 6) is 1.72. The number of amides is 1. The molecule has 1 aromatic heterocycles. The van der Waals surface area contributed by atoms with Crippen molar-refractivity contribution in [3.05, 3.63) is 53.2 Å². The number of ether oxygens (including phenoxy) is 3. The van der Waals surface area contributed by atoms with E-state index in [1.807, 2.05) is 38.1 Å². The van der Waals surface area contributed by atoms with Crippen molar-refractivity contribution >= 4 is 22.5 Å². The number of methoxy groups -OCH3 is 1. The quantitative estimate of drug-likeness (QED) is 0.777. The Morgan fingerprint density at radius 1 is 1.15 bits per heavy atom. The van der Waals surface area contributed by atoms with Gasteiger partial charge in [0.1, 0.15) is 5.75 Å². The Labute approximate surface area is 150 Å². The molecule has 6 nitrogen and oxygen atoms in total. The third-order valence-corrected chi connectivity index (χ3v) is 4.50. The number of aromatic nitrogens is 1. The van der Waals surface area contributed by atoms with E-state index in [1.165, 1.54) is 0 Å². The van der Waals surface area contributed by atoms with Crippen LogP contribution in [-0.4, -0.2) is 24.8 Å². The van der Waals surface area contributed by atoms with Gasteiger partial charge in [0.15, 0.2) is 11.5 Å². The van der Waals surface area contributed by atoms with Crippen molar-refractivity contribution in [2.75, 3.05) is 19.2 Å². The molecule has 1 amide bonds. The molecule has 0 bridgehead atoms. The molecule has 3 aromatic rings. The number of para-hydroxylation sites is 2. The van der Waals surface area contributed by atoms with Gasteiger partial charge in [0, 0.05) is 11.5 Å². The zero-order valence-corrected chi connectivity index (χ0v) is 14.8. The van der Waals surface area contributed by atoms with Crippen LogP contribution in [0.2, 0.25) is 0 Å². The van der Waals surface area contributed by atoms with Gasteiger partial charge in [-0.05, 0) is 37.6 Å². The molecule has 1 aliphatic heterocycles. The number of carbonyl (C=O) groups excluding carboxylic acids is 1. The van der Waals surface area contributed by atoms with Crippen LogP contribution in [0.3, 0.4) is 0 Å². The van der Waals surface area contributed by atoms with Crippen molar-refractivity contribution in [1.29, 1.82) is 0 Å². The van der Waals surface area contributed by atoms with Gasteiger partial charge in [-0.15, -0.1) is 0 Å². The predicted octanol–water partition coefficient (Wildman–Crippen LogP) is 3.84. The standard InChI is InChI=1S/C20H18N2O4/c1-11-13-8-17-18(26-10-25-17)9-15(13)21-12(2)19(11)20(23)22-14-6-4-5-7-16(14)24-3/h4-9H,10H2,1-3H3,(H,22,23). The molecular formula is C20H18N2O4. The fraction of sp³-hybridized carbons (Fsp3) is 0.200. The molecule has 0 unspecified atom stereocenters. The molecule has 0 radical (unpaired) electrons. The highest BCUT2D eigenvalue weighted by Gasteiger charge is 2.21. The first kappa shape index (κ1) is 16.2. The van der Waals surface area contributed by atoms with Gasteiger partial charge in [0.05, 0.1) is 29.6 Å². The normalized spacial score (nSPS) is 12.3. The first-order valence-corrected chi connectivity index (χ1v) is 8.23. The van der Waals surface area contributed by atoms with E-state index in [9.17, 15) is 4.79 Å². The second kappa shape index (κ2) is 6.22. The molecule has 0 saturated carbocycles. The molecule has 2 heterocycles. The second-order valence-corrected chi connectivity index (χ2v) is 6.07. The lowest BCUT2D eigenvalue weighted by molar-refractivity contribution is 0.102. The van der Waals surface area contributed by atoms with E-state index in [0.717, 1.165) is 16.5 Å². The molecule has 0 atom stereocenters. The van der Waals surface area contributed by atoms with E-state index in [-0.39, 0.29) is 12.7 Å². The number of nitrogens with zero attached hydrogens (tertiary/aromatic N) is 1. The Hall–Kier alpha value is -3.28. The van der Waals surface area contributed by atoms with Crippen molar-refractivity contribution in [2.24, 2.45) is 0 Å². The number of aryl methyl sites for hydroxylation is 2. The maximum Gasteiger partial charge on any atom is 0.257 e. The van der Waals surface area contributed by atoms with Crippen LogP contribution in [0.15, 0.2) is 36.4 Å². The first-order valence-electron chi connectivity index (χ1n) is 8.23. The van der Waals surface area contributed by atoms with Gasteiger partial charge < -0.3 is 19.5 Å². The molecule has 1 aliphatic rings. The minimum absolute atomic E-state index is 0.199. The van der Waals surface area contributed by atoms with Crippen LogP contribution in [0.1, 0.15) is 21.6 Å². The zero-order chi connectivity index (χ0) is 18.3. The Morgan fingerprint density at radius 2 is 1.88 bits per heavy atom. The largest absolute Gasteiger partial charge is 0.495 e. The number of pyridine rings is 1. The Morgan fingerprint density at radius 3 is 2.65 bits per heavy atom. The van der Waals surface area contributed by atoms with E-state index in [1.54, 1.807) is 19.2 Å². The lowest BCUT2D eigenvalue weighted by Crippen LogP contribution is -2.16. The number of fused-ring (bicyclic) bond motifs is 2. The van der Waals surface area contributed by atoms with Crippen LogP contribution in [0.4, 0.5) is 5.69 Å². The fourth-order valence-electron chi connectivity index (χ4n) is 3.23. The van der Waals surface area contributed by atoms with Crippen molar-refractivity contribution < 1.29 is 19.0 Å². The molecule has 6 heteroatoms. The van der Waals surface area contributed by atoms with E-state index >= 15 is 0 Å². The topological polar surface area (TPSA) is 69.7 Å². The van der Waals surface area contributed by atoms with E-state index in [4.69, 9.17) is 14.2 Å². The summed E-state index contributed by atoms with van der Waals surface area (Å²) in [5.41, 5.74) is 3.43. The van der Waals surface area contributed by atoms with E-state index in [2.05, 4.69) is 10.3 Å². The van der Waals surface area contributed by atoms with Crippen LogP contribution < -0.4 is 19.5 Å². The number of rotatable bonds is 3. The first-order chi connectivity index (χ1) is 12.6. The summed E-state index contributed by atoms with van der Waals surface area (Å²) in [6, 6.07) is 11.0. The molecule has 0 fully saturated rings. The molecular weight excluding hydrogens is 332 g/mol. The van der Waals surface area contributed by atoms with Crippen LogP contribution in [0.25, 0.3) is 10.9 Å². The number of benzene rings is 2. The van der Waals surface area contributed by atoms with Gasteiger partial charge in [-0.3, -0.25) is 9.78 Å². The van der Waals surface area contributed by atoms with Crippen LogP contribution >= 0.6 is 0 Å². The number of carbonyl (C=O) groups is 1. The van der Waals surface area contributed by atoms with Gasteiger partial charge >= 0.3 is 0 Å². The van der Waals surface area contributed by atoms with Gasteiger partial charge in [0.2, 0.25) is 6.79 Å². The number of nitrogens with one attached hydrogen (secondary N) is 1. The number of hydrogen-bond donors (Lipinski definition) is 1. The molecule has 0 spiro atoms. The van der Waals surface area contributed by atoms with Gasteiger partial charge in [-0.1, -0.05) is 12.1 Å². The van der Waals surface area contributed by atoms with Gasteiger partial charge in [-0.25, -0.2) is 0 Å². The monoisotopic (exact) mass is 350 g/mol. The maximum atomic E-state index is 12.9. The lowest BCUT2D eigenvalue weighted by atomic mass is 10.0. The van der Waals surface area contributed by atoms with E-state index in [0.29, 0.717) is 34.2 Å². The smallest absolute Gasteiger partial charge is 0.257 e. The summed E-state index contributed by atoms with van der Waals surface area (Å²) in [7, 11) is 1.57. The van der Waals surface area contributed by atoms with E-state index < -0.39 is 0 Å². The third kappa shape index (κ3) is 2.60. The molecule has 4 rings (SSSR count). The van der Waals surface area contributed by atoms with Gasteiger partial charge in [0.25, 0.3) is 5.91 Å². The van der Waals surface area contributed by atoms with Crippen molar-refractivity contribution in [3.8, 4) is 17.2 Å². The molecule has 0 aliphatic carbocycles. The highest BCUT2D eigenvalue weighted by molar-refractivity contribution is 6.09. The summed E-state index contributed by atoms with van der Waals surface area (Å²) >= 11 is 0. The van der Waals surface area contributed by atoms with Crippen LogP contribution in [0.5, 0.6) is 17.2 Å². The van der Waals surface area contributed by atoms with Crippen molar-refractivity contribution in [3.63, 3.8) is 0 Å².